The molecule has 0 aromatic heterocycles. The Labute approximate surface area is 113 Å². The molecule has 1 amide bonds. The molecule has 1 aromatic carbocycles. The molecule has 1 atom stereocenters. The first kappa shape index (κ1) is 14.0. The molecule has 0 spiro atoms. The zero-order valence-electron chi connectivity index (χ0n) is 10.8. The maximum Gasteiger partial charge on any atom is 0.238 e. The molecule has 0 aliphatic heterocycles. The van der Waals surface area contributed by atoms with Gasteiger partial charge in [0.25, 0.3) is 0 Å². The van der Waals surface area contributed by atoms with Crippen molar-refractivity contribution in [2.24, 2.45) is 11.1 Å². The summed E-state index contributed by atoms with van der Waals surface area (Å²) in [6, 6.07) is 6.12. The van der Waals surface area contributed by atoms with Crippen molar-refractivity contribution in [3.05, 3.63) is 29.8 Å². The molecule has 0 radical (unpaired) electrons. The van der Waals surface area contributed by atoms with Crippen LogP contribution >= 0.6 is 0 Å². The van der Waals surface area contributed by atoms with Crippen molar-refractivity contribution in [2.45, 2.75) is 37.1 Å². The lowest BCUT2D eigenvalue weighted by Gasteiger charge is -2.26. The van der Waals surface area contributed by atoms with Crippen LogP contribution in [0.3, 0.4) is 0 Å². The summed E-state index contributed by atoms with van der Waals surface area (Å²) in [5.41, 5.74) is 0.861. The Balaban J connectivity index is 2.03. The number of hydrogen-bond acceptors (Lipinski definition) is 3. The molecule has 2 rings (SSSR count). The molecule has 0 unspecified atom stereocenters. The van der Waals surface area contributed by atoms with Gasteiger partial charge >= 0.3 is 0 Å². The number of nitrogens with two attached hydrogens (primary N) is 1. The van der Waals surface area contributed by atoms with Crippen molar-refractivity contribution < 1.29 is 13.2 Å². The zero-order valence-corrected chi connectivity index (χ0v) is 11.6. The van der Waals surface area contributed by atoms with Gasteiger partial charge in [-0.25, -0.2) is 13.6 Å². The molecule has 19 heavy (non-hydrogen) atoms. The molecule has 1 aliphatic carbocycles. The van der Waals surface area contributed by atoms with Gasteiger partial charge in [-0.1, -0.05) is 18.6 Å². The number of sulfonamides is 1. The normalized spacial score (nSPS) is 17.6. The van der Waals surface area contributed by atoms with Crippen molar-refractivity contribution in [1.82, 2.24) is 5.32 Å². The van der Waals surface area contributed by atoms with Gasteiger partial charge in [0.2, 0.25) is 15.9 Å². The number of nitrogens with one attached hydrogen (secondary N) is 1. The second-order valence-corrected chi connectivity index (χ2v) is 6.53. The Hall–Kier alpha value is -1.40. The Kier molecular flexibility index (Phi) is 3.91. The lowest BCUT2D eigenvalue weighted by molar-refractivity contribution is -0.128. The average Bonchev–Trinajstić information content (AvgIpc) is 2.25. The van der Waals surface area contributed by atoms with Gasteiger partial charge in [0.15, 0.2) is 0 Å². The summed E-state index contributed by atoms with van der Waals surface area (Å²) in [5.74, 6) is 0.223. The molecule has 3 N–H and O–H groups in total. The van der Waals surface area contributed by atoms with E-state index in [1.165, 1.54) is 12.1 Å². The van der Waals surface area contributed by atoms with Crippen LogP contribution in [0.1, 0.15) is 37.8 Å². The van der Waals surface area contributed by atoms with Gasteiger partial charge in [0.05, 0.1) is 10.9 Å². The van der Waals surface area contributed by atoms with Crippen LogP contribution in [0.5, 0.6) is 0 Å². The van der Waals surface area contributed by atoms with E-state index >= 15 is 0 Å². The number of amides is 1. The van der Waals surface area contributed by atoms with Crippen molar-refractivity contribution >= 4 is 15.9 Å². The third kappa shape index (κ3) is 3.33. The summed E-state index contributed by atoms with van der Waals surface area (Å²) < 4.78 is 22.3. The van der Waals surface area contributed by atoms with Crippen molar-refractivity contribution in [2.75, 3.05) is 0 Å². The van der Waals surface area contributed by atoms with Crippen LogP contribution < -0.4 is 10.5 Å². The summed E-state index contributed by atoms with van der Waals surface area (Å²) in [6.45, 7) is 1.88. The molecule has 1 saturated carbocycles. The lowest BCUT2D eigenvalue weighted by Crippen LogP contribution is -2.35. The summed E-state index contributed by atoms with van der Waals surface area (Å²) in [7, 11) is -3.66. The van der Waals surface area contributed by atoms with Gasteiger partial charge in [0.1, 0.15) is 0 Å². The monoisotopic (exact) mass is 282 g/mol. The minimum atomic E-state index is -3.66. The van der Waals surface area contributed by atoms with Crippen LogP contribution in [-0.2, 0) is 14.8 Å². The maximum absolute atomic E-state index is 11.8. The first-order valence-electron chi connectivity index (χ1n) is 6.31. The average molecular weight is 282 g/mol. The van der Waals surface area contributed by atoms with Gasteiger partial charge in [0, 0.05) is 5.92 Å². The number of carbonyl (C=O) groups is 1. The smallest absolute Gasteiger partial charge is 0.238 e. The molecule has 6 heteroatoms. The van der Waals surface area contributed by atoms with E-state index in [-0.39, 0.29) is 22.8 Å². The second-order valence-electron chi connectivity index (χ2n) is 4.97. The summed E-state index contributed by atoms with van der Waals surface area (Å²) in [6.07, 6.45) is 3.04. The van der Waals surface area contributed by atoms with Gasteiger partial charge in [-0.2, -0.15) is 0 Å². The second kappa shape index (κ2) is 5.30. The van der Waals surface area contributed by atoms with Crippen molar-refractivity contribution in [3.8, 4) is 0 Å². The molecular formula is C13H18N2O3S. The fraction of sp³-hybridized carbons (Fsp3) is 0.462. The van der Waals surface area contributed by atoms with Crippen LogP contribution in [0.4, 0.5) is 0 Å². The van der Waals surface area contributed by atoms with Crippen LogP contribution in [0.25, 0.3) is 0 Å². The highest BCUT2D eigenvalue weighted by Crippen LogP contribution is 2.27. The highest BCUT2D eigenvalue weighted by Gasteiger charge is 2.26. The molecule has 0 heterocycles. The van der Waals surface area contributed by atoms with Crippen molar-refractivity contribution in [3.63, 3.8) is 0 Å². The minimum Gasteiger partial charge on any atom is -0.349 e. The number of rotatable bonds is 4. The van der Waals surface area contributed by atoms with Crippen LogP contribution in [0.2, 0.25) is 0 Å². The maximum atomic E-state index is 11.8. The van der Waals surface area contributed by atoms with Crippen LogP contribution in [0.15, 0.2) is 29.2 Å². The van der Waals surface area contributed by atoms with E-state index in [4.69, 9.17) is 5.14 Å². The molecule has 1 aromatic rings. The summed E-state index contributed by atoms with van der Waals surface area (Å²) in [5, 5.41) is 7.97. The molecule has 1 aliphatic rings. The standard InChI is InChI=1S/C13H18N2O3S/c1-9(15-13(16)11-3-2-4-11)10-5-7-12(8-6-10)19(14,17)18/h5-9,11H,2-4H2,1H3,(H,15,16)(H2,14,17,18)/t9-/m0/s1. The molecular weight excluding hydrogens is 264 g/mol. The molecule has 104 valence electrons. The van der Waals surface area contributed by atoms with Gasteiger partial charge in [-0.05, 0) is 37.5 Å². The largest absolute Gasteiger partial charge is 0.349 e. The van der Waals surface area contributed by atoms with Crippen LogP contribution in [-0.4, -0.2) is 14.3 Å². The molecule has 0 bridgehead atoms. The van der Waals surface area contributed by atoms with Crippen molar-refractivity contribution in [1.29, 1.82) is 0 Å². The SMILES string of the molecule is C[C@H](NC(=O)C1CCC1)c1ccc(S(N)(=O)=O)cc1. The number of primary sulfonamides is 1. The van der Waals surface area contributed by atoms with Gasteiger partial charge in [-0.15, -0.1) is 0 Å². The predicted molar refractivity (Wildman–Crippen MR) is 71.7 cm³/mol. The fourth-order valence-corrected chi connectivity index (χ4v) is 2.55. The first-order valence-corrected chi connectivity index (χ1v) is 7.85. The van der Waals surface area contributed by atoms with E-state index in [1.807, 2.05) is 6.92 Å². The number of hydrogen-bond donors (Lipinski definition) is 2. The van der Waals surface area contributed by atoms with Crippen LogP contribution in [0, 0.1) is 5.92 Å². The Morgan fingerprint density at radius 3 is 2.32 bits per heavy atom. The van der Waals surface area contributed by atoms with E-state index in [2.05, 4.69) is 5.32 Å². The number of carbonyl (C=O) groups excluding carboxylic acids is 1. The van der Waals surface area contributed by atoms with E-state index < -0.39 is 10.0 Å². The first-order chi connectivity index (χ1) is 8.88. The zero-order chi connectivity index (χ0) is 14.0. The summed E-state index contributed by atoms with van der Waals surface area (Å²) >= 11 is 0. The highest BCUT2D eigenvalue weighted by atomic mass is 32.2. The Bertz CT molecular complexity index is 562. The van der Waals surface area contributed by atoms with E-state index in [9.17, 15) is 13.2 Å². The topological polar surface area (TPSA) is 89.3 Å². The molecule has 5 nitrogen and oxygen atoms in total. The predicted octanol–water partition coefficient (Wildman–Crippen LogP) is 1.31. The quantitative estimate of drug-likeness (QED) is 0.872. The summed E-state index contributed by atoms with van der Waals surface area (Å²) in [4.78, 5) is 11.9. The van der Waals surface area contributed by atoms with Gasteiger partial charge in [-0.3, -0.25) is 4.79 Å². The lowest BCUT2D eigenvalue weighted by atomic mass is 9.84. The van der Waals surface area contributed by atoms with E-state index in [1.54, 1.807) is 12.1 Å². The van der Waals surface area contributed by atoms with E-state index in [0.717, 1.165) is 24.8 Å². The third-order valence-electron chi connectivity index (χ3n) is 3.54. The molecule has 1 fully saturated rings. The fourth-order valence-electron chi connectivity index (χ4n) is 2.03. The molecule has 0 saturated heterocycles. The van der Waals surface area contributed by atoms with E-state index in [0.29, 0.717) is 0 Å². The Morgan fingerprint density at radius 1 is 1.32 bits per heavy atom. The third-order valence-corrected chi connectivity index (χ3v) is 4.47. The Morgan fingerprint density at radius 2 is 1.89 bits per heavy atom. The minimum absolute atomic E-state index is 0.0776. The van der Waals surface area contributed by atoms with Gasteiger partial charge < -0.3 is 5.32 Å². The highest BCUT2D eigenvalue weighted by molar-refractivity contribution is 7.89. The number of benzene rings is 1.